The van der Waals surface area contributed by atoms with E-state index in [-0.39, 0.29) is 4.83 Å². The highest BCUT2D eigenvalue weighted by Gasteiger charge is 2.14. The number of hydrogen-bond acceptors (Lipinski definition) is 1. The summed E-state index contributed by atoms with van der Waals surface area (Å²) in [4.78, 5) is 1.40. The van der Waals surface area contributed by atoms with Gasteiger partial charge >= 0.3 is 0 Å². The first-order valence-corrected chi connectivity index (χ1v) is 8.21. The minimum atomic E-state index is 0.139. The van der Waals surface area contributed by atoms with Gasteiger partial charge in [0.2, 0.25) is 0 Å². The van der Waals surface area contributed by atoms with E-state index in [1.165, 1.54) is 15.0 Å². The number of fused-ring (bicyclic) bond motifs is 1. The van der Waals surface area contributed by atoms with Crippen LogP contribution in [0.4, 0.5) is 0 Å². The molecule has 0 fully saturated rings. The predicted molar refractivity (Wildman–Crippen MR) is 89.1 cm³/mol. The molecule has 3 aromatic rings. The van der Waals surface area contributed by atoms with E-state index in [1.54, 1.807) is 11.3 Å². The third kappa shape index (κ3) is 2.68. The van der Waals surface area contributed by atoms with E-state index in [0.29, 0.717) is 10.0 Å². The third-order valence-electron chi connectivity index (χ3n) is 2.93. The van der Waals surface area contributed by atoms with Gasteiger partial charge in [-0.3, -0.25) is 0 Å². The van der Waals surface area contributed by atoms with E-state index < -0.39 is 0 Å². The molecule has 3 rings (SSSR count). The molecule has 1 heterocycles. The molecule has 0 aliphatic heterocycles. The summed E-state index contributed by atoms with van der Waals surface area (Å²) >= 11 is 17.6. The van der Waals surface area contributed by atoms with E-state index in [0.717, 1.165) is 5.56 Å². The molecule has 4 heteroatoms. The Morgan fingerprint density at radius 3 is 2.47 bits per heavy atom. The molecule has 0 N–H and O–H groups in total. The fourth-order valence-electron chi connectivity index (χ4n) is 1.96. The van der Waals surface area contributed by atoms with E-state index in [1.807, 2.05) is 18.2 Å². The van der Waals surface area contributed by atoms with Crippen LogP contribution in [0.2, 0.25) is 10.0 Å². The predicted octanol–water partition coefficient (Wildman–Crippen LogP) is 6.69. The first-order chi connectivity index (χ1) is 9.15. The first kappa shape index (κ1) is 13.4. The van der Waals surface area contributed by atoms with Crippen LogP contribution in [-0.2, 0) is 0 Å². The summed E-state index contributed by atoms with van der Waals surface area (Å²) in [6.45, 7) is 0. The lowest BCUT2D eigenvalue weighted by Gasteiger charge is -2.08. The Kier molecular flexibility index (Phi) is 3.86. The summed E-state index contributed by atoms with van der Waals surface area (Å²) in [7, 11) is 0. The lowest BCUT2D eigenvalue weighted by Crippen LogP contribution is -1.89. The number of rotatable bonds is 2. The van der Waals surface area contributed by atoms with E-state index in [2.05, 4.69) is 46.3 Å². The van der Waals surface area contributed by atoms with Gasteiger partial charge in [0.05, 0.1) is 14.9 Å². The van der Waals surface area contributed by atoms with Crippen molar-refractivity contribution in [1.82, 2.24) is 0 Å². The van der Waals surface area contributed by atoms with Crippen molar-refractivity contribution >= 4 is 60.6 Å². The van der Waals surface area contributed by atoms with Crippen molar-refractivity contribution in [2.24, 2.45) is 0 Å². The van der Waals surface area contributed by atoms with Gasteiger partial charge in [-0.05, 0) is 35.2 Å². The van der Waals surface area contributed by atoms with Crippen molar-refractivity contribution in [3.8, 4) is 0 Å². The Balaban J connectivity index is 2.02. The molecule has 0 aliphatic carbocycles. The molecule has 2 aromatic carbocycles. The van der Waals surface area contributed by atoms with Gasteiger partial charge in [0.25, 0.3) is 0 Å². The molecule has 1 aromatic heterocycles. The number of hydrogen-bond donors (Lipinski definition) is 0. The maximum atomic E-state index is 6.07. The molecule has 0 radical (unpaired) electrons. The molecule has 1 atom stereocenters. The number of thiophene rings is 1. The van der Waals surface area contributed by atoms with Gasteiger partial charge in [-0.15, -0.1) is 11.3 Å². The number of benzene rings is 2. The Bertz CT molecular complexity index is 703. The summed E-state index contributed by atoms with van der Waals surface area (Å²) in [5.41, 5.74) is 1.11. The molecule has 0 aliphatic rings. The zero-order chi connectivity index (χ0) is 13.4. The van der Waals surface area contributed by atoms with Crippen LogP contribution in [-0.4, -0.2) is 0 Å². The van der Waals surface area contributed by atoms with Gasteiger partial charge in [-0.2, -0.15) is 0 Å². The van der Waals surface area contributed by atoms with Crippen molar-refractivity contribution in [1.29, 1.82) is 0 Å². The minimum absolute atomic E-state index is 0.139. The van der Waals surface area contributed by atoms with Gasteiger partial charge in [-0.25, -0.2) is 0 Å². The van der Waals surface area contributed by atoms with Gasteiger partial charge in [0.1, 0.15) is 0 Å². The summed E-state index contributed by atoms with van der Waals surface area (Å²) < 4.78 is 1.29. The van der Waals surface area contributed by atoms with Gasteiger partial charge in [0.15, 0.2) is 0 Å². The average molecular weight is 372 g/mol. The van der Waals surface area contributed by atoms with Crippen LogP contribution in [0.15, 0.2) is 48.5 Å². The Morgan fingerprint density at radius 2 is 1.74 bits per heavy atom. The van der Waals surface area contributed by atoms with Crippen molar-refractivity contribution in [2.75, 3.05) is 0 Å². The quantitative estimate of drug-likeness (QED) is 0.440. The highest BCUT2D eigenvalue weighted by molar-refractivity contribution is 9.09. The molecule has 0 nitrogen and oxygen atoms in total. The highest BCUT2D eigenvalue weighted by atomic mass is 79.9. The highest BCUT2D eigenvalue weighted by Crippen LogP contribution is 2.39. The van der Waals surface area contributed by atoms with Gasteiger partial charge < -0.3 is 0 Å². The van der Waals surface area contributed by atoms with E-state index >= 15 is 0 Å². The van der Waals surface area contributed by atoms with Crippen molar-refractivity contribution in [3.05, 3.63) is 69.0 Å². The molecule has 0 saturated heterocycles. The Labute approximate surface area is 134 Å². The number of alkyl halides is 1. The average Bonchev–Trinajstić information content (AvgIpc) is 2.85. The fourth-order valence-corrected chi connectivity index (χ4v) is 4.04. The lowest BCUT2D eigenvalue weighted by molar-refractivity contribution is 1.23. The van der Waals surface area contributed by atoms with Crippen molar-refractivity contribution in [2.45, 2.75) is 4.83 Å². The van der Waals surface area contributed by atoms with Crippen LogP contribution in [0.3, 0.4) is 0 Å². The van der Waals surface area contributed by atoms with Gasteiger partial charge in [-0.1, -0.05) is 63.4 Å². The van der Waals surface area contributed by atoms with E-state index in [9.17, 15) is 0 Å². The second-order valence-corrected chi connectivity index (χ2v) is 7.07. The summed E-state index contributed by atoms with van der Waals surface area (Å²) in [6.07, 6.45) is 0. The molecule has 19 heavy (non-hydrogen) atoms. The van der Waals surface area contributed by atoms with Crippen LogP contribution in [0.25, 0.3) is 10.1 Å². The van der Waals surface area contributed by atoms with Crippen LogP contribution in [0, 0.1) is 0 Å². The molecule has 0 saturated carbocycles. The monoisotopic (exact) mass is 370 g/mol. The summed E-state index contributed by atoms with van der Waals surface area (Å²) in [5, 5.41) is 2.44. The largest absolute Gasteiger partial charge is 0.139 e. The maximum absolute atomic E-state index is 6.07. The molecular weight excluding hydrogens is 363 g/mol. The summed E-state index contributed by atoms with van der Waals surface area (Å²) in [5.74, 6) is 0. The molecule has 0 spiro atoms. The maximum Gasteiger partial charge on any atom is 0.0739 e. The zero-order valence-electron chi connectivity index (χ0n) is 9.74. The molecule has 0 amide bonds. The molecule has 0 bridgehead atoms. The second-order valence-electron chi connectivity index (χ2n) is 4.22. The smallest absolute Gasteiger partial charge is 0.0739 e. The fraction of sp³-hybridized carbons (Fsp3) is 0.0667. The molecule has 1 unspecified atom stereocenters. The second kappa shape index (κ2) is 5.45. The zero-order valence-corrected chi connectivity index (χ0v) is 13.7. The third-order valence-corrected chi connectivity index (χ3v) is 6.18. The van der Waals surface area contributed by atoms with Gasteiger partial charge in [0, 0.05) is 9.58 Å². The minimum Gasteiger partial charge on any atom is -0.139 e. The summed E-state index contributed by atoms with van der Waals surface area (Å²) in [6, 6.07) is 16.3. The topological polar surface area (TPSA) is 0 Å². The Morgan fingerprint density at radius 1 is 0.947 bits per heavy atom. The Hall–Kier alpha value is -0.540. The van der Waals surface area contributed by atoms with Crippen molar-refractivity contribution < 1.29 is 0 Å². The first-order valence-electron chi connectivity index (χ1n) is 5.72. The normalized spacial score (nSPS) is 12.8. The van der Waals surface area contributed by atoms with Crippen molar-refractivity contribution in [3.63, 3.8) is 0 Å². The SMILES string of the molecule is Clc1ccc(C(Br)c2cc3ccccc3s2)cc1Cl. The van der Waals surface area contributed by atoms with Crippen LogP contribution in [0.1, 0.15) is 15.3 Å². The standard InChI is InChI=1S/C15H9BrCl2S/c16-15(10-5-6-11(17)12(18)7-10)14-8-9-3-1-2-4-13(9)19-14/h1-8,15H. The van der Waals surface area contributed by atoms with E-state index in [4.69, 9.17) is 23.2 Å². The molecular formula is C15H9BrCl2S. The molecule has 96 valence electrons. The van der Waals surface area contributed by atoms with Crippen LogP contribution < -0.4 is 0 Å². The van der Waals surface area contributed by atoms with Crippen LogP contribution in [0.5, 0.6) is 0 Å². The van der Waals surface area contributed by atoms with Crippen LogP contribution >= 0.6 is 50.5 Å². The lowest BCUT2D eigenvalue weighted by atomic mass is 10.1. The number of halogens is 3.